The Hall–Kier alpha value is -1.56. The number of carbonyl (C=O) groups excluding carboxylic acids is 2. The van der Waals surface area contributed by atoms with Crippen LogP contribution in [0.5, 0.6) is 0 Å². The lowest BCUT2D eigenvalue weighted by Gasteiger charge is -2.20. The molecule has 0 radical (unpaired) electrons. The number of amides is 2. The van der Waals surface area contributed by atoms with E-state index in [1.807, 2.05) is 20.8 Å². The van der Waals surface area contributed by atoms with Gasteiger partial charge in [-0.3, -0.25) is 9.59 Å². The normalized spacial score (nSPS) is 11.0. The summed E-state index contributed by atoms with van der Waals surface area (Å²) in [6.45, 7) is 5.59. The Balaban J connectivity index is 2.45. The van der Waals surface area contributed by atoms with Gasteiger partial charge in [0, 0.05) is 5.54 Å². The van der Waals surface area contributed by atoms with E-state index in [0.29, 0.717) is 10.6 Å². The Morgan fingerprint density at radius 2 is 2.06 bits per heavy atom. The second-order valence-electron chi connectivity index (χ2n) is 4.69. The van der Waals surface area contributed by atoms with Crippen molar-refractivity contribution < 1.29 is 9.59 Å². The van der Waals surface area contributed by atoms with Crippen LogP contribution in [0.2, 0.25) is 0 Å². The average Bonchev–Trinajstić information content (AvgIpc) is 2.58. The number of anilines is 1. The van der Waals surface area contributed by atoms with Crippen molar-refractivity contribution >= 4 is 28.8 Å². The predicted molar refractivity (Wildman–Crippen MR) is 69.0 cm³/mol. The molecule has 6 heteroatoms. The molecule has 17 heavy (non-hydrogen) atoms. The van der Waals surface area contributed by atoms with Crippen molar-refractivity contribution in [1.29, 1.82) is 0 Å². The fraction of sp³-hybridized carbons (Fsp3) is 0.455. The Labute approximate surface area is 104 Å². The van der Waals surface area contributed by atoms with Gasteiger partial charge in [0.15, 0.2) is 0 Å². The van der Waals surface area contributed by atoms with Crippen LogP contribution in [0.4, 0.5) is 5.69 Å². The summed E-state index contributed by atoms with van der Waals surface area (Å²) < 4.78 is 0. The highest BCUT2D eigenvalue weighted by Gasteiger charge is 2.16. The molecule has 0 saturated heterocycles. The number of nitrogens with one attached hydrogen (secondary N) is 2. The van der Waals surface area contributed by atoms with E-state index in [0.717, 1.165) is 0 Å². The molecule has 94 valence electrons. The minimum atomic E-state index is -0.318. The van der Waals surface area contributed by atoms with Gasteiger partial charge in [0.1, 0.15) is 4.88 Å². The Morgan fingerprint density at radius 3 is 2.53 bits per heavy atom. The molecular weight excluding hydrogens is 238 g/mol. The van der Waals surface area contributed by atoms with Gasteiger partial charge in [0.05, 0.1) is 12.2 Å². The van der Waals surface area contributed by atoms with E-state index in [9.17, 15) is 9.59 Å². The summed E-state index contributed by atoms with van der Waals surface area (Å²) in [5.41, 5.74) is 5.73. The second-order valence-corrected chi connectivity index (χ2v) is 5.60. The maximum Gasteiger partial charge on any atom is 0.263 e. The van der Waals surface area contributed by atoms with Crippen molar-refractivity contribution in [3.8, 4) is 0 Å². The molecule has 0 aliphatic rings. The van der Waals surface area contributed by atoms with E-state index in [2.05, 4.69) is 10.6 Å². The highest BCUT2D eigenvalue weighted by atomic mass is 32.1. The Bertz CT molecular complexity index is 421. The third-order valence-electron chi connectivity index (χ3n) is 1.83. The van der Waals surface area contributed by atoms with Gasteiger partial charge in [-0.05, 0) is 32.2 Å². The molecule has 0 saturated carbocycles. The van der Waals surface area contributed by atoms with Gasteiger partial charge in [-0.15, -0.1) is 11.3 Å². The molecule has 0 aliphatic carbocycles. The fourth-order valence-electron chi connectivity index (χ4n) is 1.21. The quantitative estimate of drug-likeness (QED) is 0.752. The maximum absolute atomic E-state index is 11.6. The Kier molecular flexibility index (Phi) is 4.11. The van der Waals surface area contributed by atoms with Crippen molar-refractivity contribution in [1.82, 2.24) is 10.6 Å². The minimum absolute atomic E-state index is 0.0482. The SMILES string of the molecule is CC(C)(C)NC(=O)CNC(=O)c1sccc1N. The summed E-state index contributed by atoms with van der Waals surface area (Å²) in [7, 11) is 0. The highest BCUT2D eigenvalue weighted by molar-refractivity contribution is 7.12. The molecule has 1 rings (SSSR count). The number of thiophene rings is 1. The molecule has 1 heterocycles. The van der Waals surface area contributed by atoms with Gasteiger partial charge >= 0.3 is 0 Å². The number of nitrogens with two attached hydrogens (primary N) is 1. The summed E-state index contributed by atoms with van der Waals surface area (Å²) in [6, 6.07) is 1.66. The van der Waals surface area contributed by atoms with E-state index in [4.69, 9.17) is 5.73 Å². The first kappa shape index (κ1) is 13.5. The molecule has 4 N–H and O–H groups in total. The largest absolute Gasteiger partial charge is 0.397 e. The monoisotopic (exact) mass is 255 g/mol. The summed E-state index contributed by atoms with van der Waals surface area (Å²) in [5.74, 6) is -0.539. The van der Waals surface area contributed by atoms with Gasteiger partial charge < -0.3 is 16.4 Å². The third-order valence-corrected chi connectivity index (χ3v) is 2.75. The second kappa shape index (κ2) is 5.18. The Morgan fingerprint density at radius 1 is 1.41 bits per heavy atom. The topological polar surface area (TPSA) is 84.2 Å². The van der Waals surface area contributed by atoms with Gasteiger partial charge in [-0.1, -0.05) is 0 Å². The lowest BCUT2D eigenvalue weighted by molar-refractivity contribution is -0.121. The summed E-state index contributed by atoms with van der Waals surface area (Å²) in [4.78, 5) is 23.5. The minimum Gasteiger partial charge on any atom is -0.397 e. The van der Waals surface area contributed by atoms with E-state index in [1.165, 1.54) is 11.3 Å². The van der Waals surface area contributed by atoms with Gasteiger partial charge in [0.25, 0.3) is 5.91 Å². The van der Waals surface area contributed by atoms with Gasteiger partial charge in [-0.25, -0.2) is 0 Å². The third kappa shape index (κ3) is 4.44. The van der Waals surface area contributed by atoms with Crippen molar-refractivity contribution in [3.63, 3.8) is 0 Å². The fourth-order valence-corrected chi connectivity index (χ4v) is 1.94. The predicted octanol–water partition coefficient (Wildman–Crippen LogP) is 0.975. The first-order valence-electron chi connectivity index (χ1n) is 5.22. The number of rotatable bonds is 3. The molecule has 2 amide bonds. The molecule has 0 aliphatic heterocycles. The number of nitrogen functional groups attached to an aromatic ring is 1. The standard InChI is InChI=1S/C11H17N3O2S/c1-11(2,3)14-8(15)6-13-10(16)9-7(12)4-5-17-9/h4-5H,6,12H2,1-3H3,(H,13,16)(H,14,15). The lowest BCUT2D eigenvalue weighted by atomic mass is 10.1. The van der Waals surface area contributed by atoms with Crippen molar-refractivity contribution in [2.75, 3.05) is 12.3 Å². The number of carbonyl (C=O) groups is 2. The van der Waals surface area contributed by atoms with Crippen LogP contribution in [-0.4, -0.2) is 23.9 Å². The van der Waals surface area contributed by atoms with Crippen LogP contribution in [0.3, 0.4) is 0 Å². The van der Waals surface area contributed by atoms with E-state index in [-0.39, 0.29) is 23.9 Å². The van der Waals surface area contributed by atoms with Crippen LogP contribution in [0.25, 0.3) is 0 Å². The molecule has 5 nitrogen and oxygen atoms in total. The molecule has 1 aromatic heterocycles. The van der Waals surface area contributed by atoms with Crippen LogP contribution in [0, 0.1) is 0 Å². The van der Waals surface area contributed by atoms with E-state index in [1.54, 1.807) is 11.4 Å². The first-order chi connectivity index (χ1) is 7.79. The molecule has 0 bridgehead atoms. The molecule has 0 unspecified atom stereocenters. The molecule has 0 aromatic carbocycles. The molecule has 0 fully saturated rings. The van der Waals surface area contributed by atoms with Crippen molar-refractivity contribution in [2.45, 2.75) is 26.3 Å². The maximum atomic E-state index is 11.6. The van der Waals surface area contributed by atoms with Crippen LogP contribution in [-0.2, 0) is 4.79 Å². The molecule has 0 atom stereocenters. The molecule has 0 spiro atoms. The van der Waals surface area contributed by atoms with Crippen molar-refractivity contribution in [3.05, 3.63) is 16.3 Å². The zero-order valence-corrected chi connectivity index (χ0v) is 11.0. The molecule has 1 aromatic rings. The van der Waals surface area contributed by atoms with E-state index >= 15 is 0 Å². The summed E-state index contributed by atoms with van der Waals surface area (Å²) >= 11 is 1.25. The van der Waals surface area contributed by atoms with Crippen LogP contribution >= 0.6 is 11.3 Å². The zero-order valence-electron chi connectivity index (χ0n) is 10.2. The van der Waals surface area contributed by atoms with Gasteiger partial charge in [0.2, 0.25) is 5.91 Å². The van der Waals surface area contributed by atoms with Crippen LogP contribution in [0.1, 0.15) is 30.4 Å². The van der Waals surface area contributed by atoms with Crippen LogP contribution in [0.15, 0.2) is 11.4 Å². The van der Waals surface area contributed by atoms with E-state index < -0.39 is 0 Å². The average molecular weight is 255 g/mol. The van der Waals surface area contributed by atoms with Crippen LogP contribution < -0.4 is 16.4 Å². The van der Waals surface area contributed by atoms with Crippen molar-refractivity contribution in [2.24, 2.45) is 0 Å². The number of hydrogen-bond donors (Lipinski definition) is 3. The summed E-state index contributed by atoms with van der Waals surface area (Å²) in [6.07, 6.45) is 0. The van der Waals surface area contributed by atoms with Gasteiger partial charge in [-0.2, -0.15) is 0 Å². The smallest absolute Gasteiger partial charge is 0.263 e. The lowest BCUT2D eigenvalue weighted by Crippen LogP contribution is -2.45. The highest BCUT2D eigenvalue weighted by Crippen LogP contribution is 2.17. The number of hydrogen-bond acceptors (Lipinski definition) is 4. The first-order valence-corrected chi connectivity index (χ1v) is 6.10. The summed E-state index contributed by atoms with van der Waals surface area (Å²) in [5, 5.41) is 7.02. The molecular formula is C11H17N3O2S. The zero-order chi connectivity index (χ0) is 13.1.